The van der Waals surface area contributed by atoms with Crippen LogP contribution in [-0.4, -0.2) is 46.5 Å². The second kappa shape index (κ2) is 7.37. The van der Waals surface area contributed by atoms with Crippen LogP contribution in [0.5, 0.6) is 0 Å². The van der Waals surface area contributed by atoms with E-state index >= 15 is 0 Å². The number of fused-ring (bicyclic) bond motifs is 1. The molecule has 0 saturated carbocycles. The quantitative estimate of drug-likeness (QED) is 0.681. The number of likely N-dealkylation sites (tertiary alicyclic amines) is 1. The molecule has 0 aromatic heterocycles. The molecule has 3 heterocycles. The molecular formula is C23H21F3N2O3. The molecule has 31 heavy (non-hydrogen) atoms. The van der Waals surface area contributed by atoms with Crippen LogP contribution in [0.4, 0.5) is 13.2 Å². The van der Waals surface area contributed by atoms with Crippen molar-refractivity contribution in [2.75, 3.05) is 13.1 Å². The van der Waals surface area contributed by atoms with Gasteiger partial charge in [-0.2, -0.15) is 0 Å². The molecule has 2 aromatic carbocycles. The van der Waals surface area contributed by atoms with Crippen molar-refractivity contribution in [1.82, 2.24) is 9.80 Å². The molecule has 0 aliphatic carbocycles. The lowest BCUT2D eigenvalue weighted by molar-refractivity contribution is -0.142. The van der Waals surface area contributed by atoms with Gasteiger partial charge in [-0.15, -0.1) is 0 Å². The first-order chi connectivity index (χ1) is 14.9. The Morgan fingerprint density at radius 3 is 2.35 bits per heavy atom. The summed E-state index contributed by atoms with van der Waals surface area (Å²) in [5.74, 6) is -4.52. The Hall–Kier alpha value is -2.87. The minimum Gasteiger partial charge on any atom is -0.342 e. The first-order valence-corrected chi connectivity index (χ1v) is 10.4. The molecule has 3 aliphatic heterocycles. The normalized spacial score (nSPS) is 24.7. The molecule has 1 spiro atoms. The predicted octanol–water partition coefficient (Wildman–Crippen LogP) is 3.80. The number of carbonyl (C=O) groups is 2. The second-order valence-electron chi connectivity index (χ2n) is 8.32. The van der Waals surface area contributed by atoms with Crippen molar-refractivity contribution in [2.24, 2.45) is 0 Å². The summed E-state index contributed by atoms with van der Waals surface area (Å²) in [5, 5.41) is 0. The van der Waals surface area contributed by atoms with E-state index in [1.807, 2.05) is 35.2 Å². The highest BCUT2D eigenvalue weighted by atomic mass is 19.2. The number of piperidine rings is 1. The van der Waals surface area contributed by atoms with Crippen molar-refractivity contribution in [3.05, 3.63) is 71.0 Å². The van der Waals surface area contributed by atoms with Crippen molar-refractivity contribution in [3.8, 4) is 0 Å². The van der Waals surface area contributed by atoms with Gasteiger partial charge in [0, 0.05) is 32.0 Å². The van der Waals surface area contributed by atoms with E-state index in [-0.39, 0.29) is 44.1 Å². The number of amides is 2. The molecule has 2 aromatic rings. The third-order valence-corrected chi connectivity index (χ3v) is 6.60. The van der Waals surface area contributed by atoms with E-state index < -0.39 is 34.5 Å². The maximum absolute atomic E-state index is 14.0. The van der Waals surface area contributed by atoms with Crippen LogP contribution in [0.3, 0.4) is 0 Å². The number of carbonyl (C=O) groups excluding carboxylic acids is 2. The van der Waals surface area contributed by atoms with Gasteiger partial charge in [-0.05, 0) is 24.5 Å². The van der Waals surface area contributed by atoms with Gasteiger partial charge in [0.15, 0.2) is 17.2 Å². The molecule has 0 N–H and O–H groups in total. The zero-order chi connectivity index (χ0) is 21.8. The lowest BCUT2D eigenvalue weighted by Gasteiger charge is -2.37. The summed E-state index contributed by atoms with van der Waals surface area (Å²) in [6.45, 7) is 0.332. The van der Waals surface area contributed by atoms with E-state index in [9.17, 15) is 22.8 Å². The van der Waals surface area contributed by atoms with Crippen molar-refractivity contribution in [2.45, 2.75) is 43.6 Å². The molecule has 162 valence electrons. The Morgan fingerprint density at radius 2 is 1.65 bits per heavy atom. The van der Waals surface area contributed by atoms with E-state index in [0.717, 1.165) is 18.4 Å². The van der Waals surface area contributed by atoms with Gasteiger partial charge < -0.3 is 14.5 Å². The highest BCUT2D eigenvalue weighted by Gasteiger charge is 2.58. The molecule has 0 radical (unpaired) electrons. The lowest BCUT2D eigenvalue weighted by Crippen LogP contribution is -2.51. The van der Waals surface area contributed by atoms with Crippen LogP contribution in [0.1, 0.15) is 47.6 Å². The Balaban J connectivity index is 1.31. The summed E-state index contributed by atoms with van der Waals surface area (Å²) in [6, 6.07) is 10.7. The number of rotatable bonds is 2. The predicted molar refractivity (Wildman–Crippen MR) is 104 cm³/mol. The first-order valence-electron chi connectivity index (χ1n) is 10.4. The molecule has 3 fully saturated rings. The summed E-state index contributed by atoms with van der Waals surface area (Å²) in [5.41, 5.74) is -0.444. The zero-order valence-electron chi connectivity index (χ0n) is 16.7. The van der Waals surface area contributed by atoms with E-state index in [4.69, 9.17) is 4.74 Å². The lowest BCUT2D eigenvalue weighted by atomic mass is 9.89. The fraction of sp³-hybridized carbons (Fsp3) is 0.391. The molecule has 0 bridgehead atoms. The minimum absolute atomic E-state index is 0.0333. The Morgan fingerprint density at radius 1 is 0.968 bits per heavy atom. The maximum Gasteiger partial charge on any atom is 0.257 e. The Kier molecular flexibility index (Phi) is 4.77. The molecule has 2 atom stereocenters. The summed E-state index contributed by atoms with van der Waals surface area (Å²) < 4.78 is 46.9. The first kappa shape index (κ1) is 20.1. The minimum atomic E-state index is -1.34. The fourth-order valence-electron chi connectivity index (χ4n) is 4.98. The number of halogens is 3. The van der Waals surface area contributed by atoms with Crippen molar-refractivity contribution in [3.63, 3.8) is 0 Å². The van der Waals surface area contributed by atoms with Crippen molar-refractivity contribution < 1.29 is 27.5 Å². The number of ether oxygens (including phenoxy) is 1. The van der Waals surface area contributed by atoms with Gasteiger partial charge >= 0.3 is 0 Å². The van der Waals surface area contributed by atoms with Crippen LogP contribution < -0.4 is 0 Å². The Bertz CT molecular complexity index is 1040. The summed E-state index contributed by atoms with van der Waals surface area (Å²) in [4.78, 5) is 29.2. The molecule has 5 nitrogen and oxygen atoms in total. The average molecular weight is 430 g/mol. The fourth-order valence-corrected chi connectivity index (χ4v) is 4.98. The summed E-state index contributed by atoms with van der Waals surface area (Å²) >= 11 is 0. The number of benzene rings is 2. The van der Waals surface area contributed by atoms with Crippen LogP contribution in [0.25, 0.3) is 0 Å². The largest absolute Gasteiger partial charge is 0.342 e. The van der Waals surface area contributed by atoms with Gasteiger partial charge in [-0.3, -0.25) is 9.59 Å². The molecule has 3 saturated heterocycles. The molecule has 2 amide bonds. The maximum atomic E-state index is 14.0. The van der Waals surface area contributed by atoms with E-state index in [1.54, 1.807) is 0 Å². The van der Waals surface area contributed by atoms with E-state index in [2.05, 4.69) is 0 Å². The molecule has 0 unspecified atom stereocenters. The van der Waals surface area contributed by atoms with Crippen molar-refractivity contribution in [1.29, 1.82) is 0 Å². The number of hydrogen-bond donors (Lipinski definition) is 0. The SMILES string of the molecule is O=C(c1cc(F)c(F)cc1F)N1CCC2(CC1)O[C@@H]1CC[C@@H](c3ccccc3)N1C2=O. The van der Waals surface area contributed by atoms with E-state index in [1.165, 1.54) is 4.90 Å². The van der Waals surface area contributed by atoms with Gasteiger partial charge in [-0.25, -0.2) is 13.2 Å². The number of nitrogens with zero attached hydrogens (tertiary/aromatic N) is 2. The van der Waals surface area contributed by atoms with Crippen LogP contribution in [0.15, 0.2) is 42.5 Å². The number of hydrogen-bond acceptors (Lipinski definition) is 3. The highest BCUT2D eigenvalue weighted by Crippen LogP contribution is 2.47. The average Bonchev–Trinajstić information content (AvgIpc) is 3.30. The third kappa shape index (κ3) is 3.20. The van der Waals surface area contributed by atoms with Gasteiger partial charge in [-0.1, -0.05) is 30.3 Å². The smallest absolute Gasteiger partial charge is 0.257 e. The standard InChI is InChI=1S/C23H21F3N2O3/c24-16-13-18(26)17(25)12-15(16)21(29)27-10-8-23(9-11-27)22(30)28-19(6-7-20(28)31-23)14-4-2-1-3-5-14/h1-5,12-13,19-20H,6-11H2/t19-,20+/m0/s1. The van der Waals surface area contributed by atoms with Crippen LogP contribution in [0.2, 0.25) is 0 Å². The molecule has 3 aliphatic rings. The molecule has 5 rings (SSSR count). The second-order valence-corrected chi connectivity index (χ2v) is 8.32. The monoisotopic (exact) mass is 430 g/mol. The molecule has 8 heteroatoms. The summed E-state index contributed by atoms with van der Waals surface area (Å²) in [6.07, 6.45) is 1.84. The molecular weight excluding hydrogens is 409 g/mol. The van der Waals surface area contributed by atoms with Crippen LogP contribution >= 0.6 is 0 Å². The van der Waals surface area contributed by atoms with Crippen molar-refractivity contribution >= 4 is 11.8 Å². The van der Waals surface area contributed by atoms with Crippen LogP contribution in [-0.2, 0) is 9.53 Å². The van der Waals surface area contributed by atoms with Gasteiger partial charge in [0.25, 0.3) is 11.8 Å². The van der Waals surface area contributed by atoms with Gasteiger partial charge in [0.2, 0.25) is 0 Å². The Labute approximate surface area is 177 Å². The highest BCUT2D eigenvalue weighted by molar-refractivity contribution is 5.95. The topological polar surface area (TPSA) is 49.9 Å². The van der Waals surface area contributed by atoms with Crippen LogP contribution in [0, 0.1) is 17.5 Å². The van der Waals surface area contributed by atoms with Gasteiger partial charge in [0.05, 0.1) is 11.6 Å². The summed E-state index contributed by atoms with van der Waals surface area (Å²) in [7, 11) is 0. The van der Waals surface area contributed by atoms with E-state index in [0.29, 0.717) is 12.1 Å². The van der Waals surface area contributed by atoms with Gasteiger partial charge in [0.1, 0.15) is 12.0 Å². The third-order valence-electron chi connectivity index (χ3n) is 6.60. The zero-order valence-corrected chi connectivity index (χ0v) is 16.7.